The first kappa shape index (κ1) is 12.8. The average molecular weight is 233 g/mol. The second-order valence-corrected chi connectivity index (χ2v) is 3.45. The largest absolute Gasteiger partial charge is 0.492 e. The number of hydrogen-bond acceptors (Lipinski definition) is 2. The third kappa shape index (κ3) is 3.41. The highest BCUT2D eigenvalue weighted by Gasteiger charge is 2.34. The van der Waals surface area contributed by atoms with Gasteiger partial charge in [-0.2, -0.15) is 13.2 Å². The Morgan fingerprint density at radius 3 is 2.56 bits per heavy atom. The molecule has 0 unspecified atom stereocenters. The van der Waals surface area contributed by atoms with E-state index in [4.69, 9.17) is 4.74 Å². The van der Waals surface area contributed by atoms with Crippen molar-refractivity contribution in [2.24, 2.45) is 0 Å². The van der Waals surface area contributed by atoms with Crippen LogP contribution in [-0.4, -0.2) is 20.2 Å². The van der Waals surface area contributed by atoms with Crippen LogP contribution in [0.15, 0.2) is 18.2 Å². The molecule has 1 aromatic carbocycles. The molecule has 0 radical (unpaired) electrons. The molecule has 0 aliphatic heterocycles. The molecule has 0 saturated heterocycles. The maximum atomic E-state index is 12.6. The monoisotopic (exact) mass is 233 g/mol. The van der Waals surface area contributed by atoms with Crippen LogP contribution in [0, 0.1) is 6.92 Å². The van der Waals surface area contributed by atoms with Gasteiger partial charge in [0, 0.05) is 6.54 Å². The lowest BCUT2D eigenvalue weighted by Crippen LogP contribution is -2.17. The molecule has 0 aromatic heterocycles. The molecular formula is C11H14F3NO. The number of benzene rings is 1. The summed E-state index contributed by atoms with van der Waals surface area (Å²) in [5.41, 5.74) is -0.156. The van der Waals surface area contributed by atoms with Gasteiger partial charge in [0.2, 0.25) is 0 Å². The summed E-state index contributed by atoms with van der Waals surface area (Å²) in [6, 6.07) is 4.05. The zero-order valence-electron chi connectivity index (χ0n) is 9.19. The number of alkyl halides is 3. The predicted octanol–water partition coefficient (Wildman–Crippen LogP) is 2.61. The molecule has 0 amide bonds. The van der Waals surface area contributed by atoms with E-state index in [1.54, 1.807) is 20.0 Å². The maximum absolute atomic E-state index is 12.6. The SMILES string of the molecule is CNCCOc1ccc(C)cc1C(F)(F)F. The van der Waals surface area contributed by atoms with Gasteiger partial charge in [0.25, 0.3) is 0 Å². The highest BCUT2D eigenvalue weighted by molar-refractivity contribution is 5.38. The predicted molar refractivity (Wildman–Crippen MR) is 55.6 cm³/mol. The summed E-state index contributed by atoms with van der Waals surface area (Å²) < 4.78 is 43.0. The van der Waals surface area contributed by atoms with Crippen molar-refractivity contribution in [3.8, 4) is 5.75 Å². The fourth-order valence-corrected chi connectivity index (χ4v) is 1.25. The lowest BCUT2D eigenvalue weighted by atomic mass is 10.1. The highest BCUT2D eigenvalue weighted by atomic mass is 19.4. The van der Waals surface area contributed by atoms with E-state index in [0.29, 0.717) is 12.1 Å². The van der Waals surface area contributed by atoms with Crippen LogP contribution in [0.4, 0.5) is 13.2 Å². The van der Waals surface area contributed by atoms with Crippen molar-refractivity contribution in [3.05, 3.63) is 29.3 Å². The van der Waals surface area contributed by atoms with Gasteiger partial charge in [-0.1, -0.05) is 11.6 Å². The first-order valence-corrected chi connectivity index (χ1v) is 4.90. The molecule has 5 heteroatoms. The van der Waals surface area contributed by atoms with Crippen LogP contribution in [0.3, 0.4) is 0 Å². The smallest absolute Gasteiger partial charge is 0.419 e. The minimum absolute atomic E-state index is 0.117. The second-order valence-electron chi connectivity index (χ2n) is 3.45. The Bertz CT molecular complexity index is 350. The Balaban J connectivity index is 2.90. The fourth-order valence-electron chi connectivity index (χ4n) is 1.25. The second kappa shape index (κ2) is 5.21. The lowest BCUT2D eigenvalue weighted by Gasteiger charge is -2.14. The van der Waals surface area contributed by atoms with Crippen molar-refractivity contribution >= 4 is 0 Å². The third-order valence-electron chi connectivity index (χ3n) is 2.05. The van der Waals surface area contributed by atoms with E-state index in [9.17, 15) is 13.2 Å². The number of aryl methyl sites for hydroxylation is 1. The van der Waals surface area contributed by atoms with Crippen LogP contribution >= 0.6 is 0 Å². The molecule has 90 valence electrons. The lowest BCUT2D eigenvalue weighted by molar-refractivity contribution is -0.139. The minimum atomic E-state index is -4.37. The van der Waals surface area contributed by atoms with Crippen LogP contribution in [0.1, 0.15) is 11.1 Å². The number of rotatable bonds is 4. The Morgan fingerprint density at radius 1 is 1.31 bits per heavy atom. The van der Waals surface area contributed by atoms with E-state index in [-0.39, 0.29) is 12.4 Å². The third-order valence-corrected chi connectivity index (χ3v) is 2.05. The van der Waals surface area contributed by atoms with E-state index in [0.717, 1.165) is 6.07 Å². The summed E-state index contributed by atoms with van der Waals surface area (Å²) in [4.78, 5) is 0. The van der Waals surface area contributed by atoms with Crippen LogP contribution < -0.4 is 10.1 Å². The zero-order chi connectivity index (χ0) is 12.2. The Morgan fingerprint density at radius 2 is 2.00 bits per heavy atom. The molecule has 0 fully saturated rings. The molecule has 0 atom stereocenters. The molecule has 1 aromatic rings. The maximum Gasteiger partial charge on any atom is 0.419 e. The molecule has 0 saturated carbocycles. The molecular weight excluding hydrogens is 219 g/mol. The molecule has 0 bridgehead atoms. The topological polar surface area (TPSA) is 21.3 Å². The van der Waals surface area contributed by atoms with Gasteiger partial charge >= 0.3 is 6.18 Å². The van der Waals surface area contributed by atoms with Crippen LogP contribution in [0.5, 0.6) is 5.75 Å². The zero-order valence-corrected chi connectivity index (χ0v) is 9.19. The number of ether oxygens (including phenoxy) is 1. The van der Waals surface area contributed by atoms with E-state index < -0.39 is 11.7 Å². The van der Waals surface area contributed by atoms with Gasteiger partial charge in [-0.25, -0.2) is 0 Å². The van der Waals surface area contributed by atoms with E-state index >= 15 is 0 Å². The van der Waals surface area contributed by atoms with Crippen molar-refractivity contribution in [1.82, 2.24) is 5.32 Å². The summed E-state index contributed by atoms with van der Waals surface area (Å²) in [5, 5.41) is 2.80. The van der Waals surface area contributed by atoms with Gasteiger partial charge in [0.1, 0.15) is 12.4 Å². The molecule has 0 aliphatic carbocycles. The molecule has 16 heavy (non-hydrogen) atoms. The van der Waals surface area contributed by atoms with Gasteiger partial charge < -0.3 is 10.1 Å². The molecule has 0 aliphatic rings. The number of likely N-dealkylation sites (N-methyl/N-ethyl adjacent to an activating group) is 1. The van der Waals surface area contributed by atoms with Crippen LogP contribution in [-0.2, 0) is 6.18 Å². The summed E-state index contributed by atoms with van der Waals surface area (Å²) in [6.07, 6.45) is -4.37. The molecule has 1 N–H and O–H groups in total. The highest BCUT2D eigenvalue weighted by Crippen LogP contribution is 2.36. The van der Waals surface area contributed by atoms with Crippen LogP contribution in [0.25, 0.3) is 0 Å². The Hall–Kier alpha value is -1.23. The van der Waals surface area contributed by atoms with Gasteiger partial charge in [0.15, 0.2) is 0 Å². The van der Waals surface area contributed by atoms with Crippen LogP contribution in [0.2, 0.25) is 0 Å². The van der Waals surface area contributed by atoms with Crippen molar-refractivity contribution in [1.29, 1.82) is 0 Å². The normalized spacial score (nSPS) is 11.6. The standard InChI is InChI=1S/C11H14F3NO/c1-8-3-4-10(16-6-5-15-2)9(7-8)11(12,13)14/h3-4,7,15H,5-6H2,1-2H3. The molecule has 0 heterocycles. The van der Waals surface area contributed by atoms with Gasteiger partial charge in [-0.15, -0.1) is 0 Å². The first-order valence-electron chi connectivity index (χ1n) is 4.90. The number of nitrogens with one attached hydrogen (secondary N) is 1. The van der Waals surface area contributed by atoms with Crippen molar-refractivity contribution in [2.75, 3.05) is 20.2 Å². The van der Waals surface area contributed by atoms with Crippen molar-refractivity contribution in [2.45, 2.75) is 13.1 Å². The fraction of sp³-hybridized carbons (Fsp3) is 0.455. The summed E-state index contributed by atoms with van der Waals surface area (Å²) in [6.45, 7) is 2.33. The summed E-state index contributed by atoms with van der Waals surface area (Å²) in [7, 11) is 1.71. The van der Waals surface area contributed by atoms with Crippen molar-refractivity contribution < 1.29 is 17.9 Å². The van der Waals surface area contributed by atoms with Crippen molar-refractivity contribution in [3.63, 3.8) is 0 Å². The van der Waals surface area contributed by atoms with Gasteiger partial charge in [0.05, 0.1) is 5.56 Å². The Labute approximate surface area is 92.4 Å². The molecule has 1 rings (SSSR count). The van der Waals surface area contributed by atoms with E-state index in [1.165, 1.54) is 6.07 Å². The average Bonchev–Trinajstić information content (AvgIpc) is 2.19. The summed E-state index contributed by atoms with van der Waals surface area (Å²) in [5.74, 6) is -0.117. The van der Waals surface area contributed by atoms with Gasteiger partial charge in [-0.3, -0.25) is 0 Å². The van der Waals surface area contributed by atoms with E-state index in [1.807, 2.05) is 0 Å². The number of halogens is 3. The molecule has 0 spiro atoms. The quantitative estimate of drug-likeness (QED) is 0.807. The minimum Gasteiger partial charge on any atom is -0.492 e. The van der Waals surface area contributed by atoms with E-state index in [2.05, 4.69) is 5.32 Å². The Kier molecular flexibility index (Phi) is 4.18. The summed E-state index contributed by atoms with van der Waals surface area (Å²) >= 11 is 0. The van der Waals surface area contributed by atoms with Gasteiger partial charge in [-0.05, 0) is 26.1 Å². The molecule has 2 nitrogen and oxygen atoms in total. The number of hydrogen-bond donors (Lipinski definition) is 1. The first-order chi connectivity index (χ1) is 7.45.